The molecule has 0 aromatic carbocycles. The van der Waals surface area contributed by atoms with Crippen molar-refractivity contribution in [3.8, 4) is 0 Å². The number of hydrogen-bond acceptors (Lipinski definition) is 18. The van der Waals surface area contributed by atoms with Crippen LogP contribution in [0.3, 0.4) is 0 Å². The molecule has 0 radical (unpaired) electrons. The van der Waals surface area contributed by atoms with E-state index in [0.717, 1.165) is 70.6 Å². The largest absolute Gasteiger partial charge is 0.394 e. The first-order chi connectivity index (χ1) is 39.8. The monoisotopic (exact) mass is 1170 g/mol. The average Bonchev–Trinajstić information content (AvgIpc) is 3.21. The quantitative estimate of drug-likeness (QED) is 0.0231. The van der Waals surface area contributed by atoms with Gasteiger partial charge in [0.15, 0.2) is 18.9 Å². The molecular weight excluding hydrogens is 1060 g/mol. The zero-order valence-corrected chi connectivity index (χ0v) is 49.7. The molecule has 1 amide bonds. The number of ether oxygens (including phenoxy) is 6. The summed E-state index contributed by atoms with van der Waals surface area (Å²) >= 11 is 0. The van der Waals surface area contributed by atoms with Crippen LogP contribution in [0.1, 0.15) is 200 Å². The predicted molar refractivity (Wildman–Crippen MR) is 314 cm³/mol. The van der Waals surface area contributed by atoms with E-state index in [1.165, 1.54) is 96.3 Å². The van der Waals surface area contributed by atoms with Gasteiger partial charge < -0.3 is 89.9 Å². The standard InChI is InChI=1S/C63H111NO18/c1-3-5-7-9-11-13-15-17-19-20-21-22-23-24-25-26-27-28-30-32-34-36-38-40-47(68)46(64-51(69)41-39-37-35-33-31-29-18-16-14-12-10-8-6-4-2)45-77-61-57(75)54(72)59(49(43-66)79-61)82-63-58(76)55(73)60(50(44-67)80-63)81-62-56(74)53(71)52(70)48(42-65)78-62/h10,12,16,18,25-26,30,32,38,40,46-50,52-63,65-68,70-76H,3-9,11,13-15,17,19-24,27-29,31,33-37,39,41-45H2,1-2H3,(H,64,69)/b12-10-,18-16-,26-25+,32-30+,40-38+. The third kappa shape index (κ3) is 28.8. The molecule has 3 saturated heterocycles. The average molecular weight is 1170 g/mol. The summed E-state index contributed by atoms with van der Waals surface area (Å²) in [7, 11) is 0. The molecule has 3 aliphatic rings. The maximum absolute atomic E-state index is 13.3. The molecule has 82 heavy (non-hydrogen) atoms. The highest BCUT2D eigenvalue weighted by atomic mass is 16.8. The Morgan fingerprint density at radius 2 is 0.829 bits per heavy atom. The smallest absolute Gasteiger partial charge is 0.220 e. The molecule has 0 spiro atoms. The summed E-state index contributed by atoms with van der Waals surface area (Å²) in [5.74, 6) is -0.306. The number of hydrogen-bond donors (Lipinski definition) is 12. The topological polar surface area (TPSA) is 307 Å². The molecule has 3 heterocycles. The predicted octanol–water partition coefficient (Wildman–Crippen LogP) is 6.43. The van der Waals surface area contributed by atoms with Gasteiger partial charge in [0.25, 0.3) is 0 Å². The van der Waals surface area contributed by atoms with E-state index in [2.05, 4.69) is 67.8 Å². The van der Waals surface area contributed by atoms with Gasteiger partial charge in [-0.25, -0.2) is 0 Å². The van der Waals surface area contributed by atoms with Crippen molar-refractivity contribution in [2.75, 3.05) is 26.4 Å². The maximum Gasteiger partial charge on any atom is 0.220 e. The third-order valence-corrected chi connectivity index (χ3v) is 15.5. The number of nitrogens with one attached hydrogen (secondary N) is 1. The molecular formula is C63H111NO18. The third-order valence-electron chi connectivity index (χ3n) is 15.5. The highest BCUT2D eigenvalue weighted by Crippen LogP contribution is 2.33. The number of aliphatic hydroxyl groups excluding tert-OH is 11. The van der Waals surface area contributed by atoms with Crippen LogP contribution < -0.4 is 5.32 Å². The molecule has 17 unspecified atom stereocenters. The molecule has 19 nitrogen and oxygen atoms in total. The molecule has 3 aliphatic heterocycles. The Bertz CT molecular complexity index is 1730. The minimum absolute atomic E-state index is 0.213. The van der Waals surface area contributed by atoms with Crippen LogP contribution in [0.4, 0.5) is 0 Å². The Hall–Kier alpha value is -2.51. The summed E-state index contributed by atoms with van der Waals surface area (Å²) in [6, 6.07) is -1.01. The maximum atomic E-state index is 13.3. The molecule has 0 aromatic rings. The van der Waals surface area contributed by atoms with Gasteiger partial charge in [0, 0.05) is 6.42 Å². The van der Waals surface area contributed by atoms with E-state index in [4.69, 9.17) is 28.4 Å². The highest BCUT2D eigenvalue weighted by molar-refractivity contribution is 5.76. The van der Waals surface area contributed by atoms with E-state index in [1.54, 1.807) is 6.08 Å². The zero-order chi connectivity index (χ0) is 59.7. The van der Waals surface area contributed by atoms with Crippen LogP contribution in [0.5, 0.6) is 0 Å². The molecule has 0 aliphatic carbocycles. The van der Waals surface area contributed by atoms with E-state index in [1.807, 2.05) is 6.08 Å². The lowest BCUT2D eigenvalue weighted by atomic mass is 9.96. The van der Waals surface area contributed by atoms with Gasteiger partial charge in [0.1, 0.15) is 73.2 Å². The second kappa shape index (κ2) is 45.8. The SMILES string of the molecule is CCCC/C=C\C/C=C\CCCCCCCC(=O)NC(COC1OC(CO)C(OC2OC(CO)C(OC3OC(CO)C(O)C(O)C3O)C(O)C2O)C(O)C1O)C(O)/C=C/CC/C=C/CC/C=C/CCCCCCCCCCCCCCC. The molecule has 0 bridgehead atoms. The van der Waals surface area contributed by atoms with Crippen LogP contribution in [-0.4, -0.2) is 193 Å². The summed E-state index contributed by atoms with van der Waals surface area (Å²) in [4.78, 5) is 13.3. The molecule has 12 N–H and O–H groups in total. The fourth-order valence-electron chi connectivity index (χ4n) is 10.3. The Labute approximate surface area is 490 Å². The van der Waals surface area contributed by atoms with Gasteiger partial charge in [0.2, 0.25) is 5.91 Å². The second-order valence-electron chi connectivity index (χ2n) is 22.5. The van der Waals surface area contributed by atoms with Crippen LogP contribution >= 0.6 is 0 Å². The van der Waals surface area contributed by atoms with Crippen molar-refractivity contribution in [1.82, 2.24) is 5.32 Å². The van der Waals surface area contributed by atoms with Gasteiger partial charge in [-0.15, -0.1) is 0 Å². The van der Waals surface area contributed by atoms with Crippen molar-refractivity contribution in [3.63, 3.8) is 0 Å². The molecule has 3 rings (SSSR count). The van der Waals surface area contributed by atoms with Crippen LogP contribution in [0.15, 0.2) is 60.8 Å². The van der Waals surface area contributed by atoms with Gasteiger partial charge in [0.05, 0.1) is 38.6 Å². The van der Waals surface area contributed by atoms with Crippen LogP contribution in [-0.2, 0) is 33.2 Å². The minimum Gasteiger partial charge on any atom is -0.394 e. The molecule has 0 saturated carbocycles. The van der Waals surface area contributed by atoms with E-state index >= 15 is 0 Å². The van der Waals surface area contributed by atoms with Crippen molar-refractivity contribution < 1.29 is 89.4 Å². The van der Waals surface area contributed by atoms with Crippen LogP contribution in [0.2, 0.25) is 0 Å². The number of allylic oxidation sites excluding steroid dienone is 9. The van der Waals surface area contributed by atoms with Crippen molar-refractivity contribution in [1.29, 1.82) is 0 Å². The van der Waals surface area contributed by atoms with Gasteiger partial charge in [-0.3, -0.25) is 4.79 Å². The van der Waals surface area contributed by atoms with Gasteiger partial charge in [-0.2, -0.15) is 0 Å². The molecule has 0 aromatic heterocycles. The highest BCUT2D eigenvalue weighted by Gasteiger charge is 2.53. The molecule has 17 atom stereocenters. The summed E-state index contributed by atoms with van der Waals surface area (Å²) in [6.45, 7) is 1.63. The molecule has 3 fully saturated rings. The normalized spacial score (nSPS) is 30.0. The number of carbonyl (C=O) groups excluding carboxylic acids is 1. The number of rotatable bonds is 46. The summed E-state index contributed by atoms with van der Waals surface area (Å²) in [5.41, 5.74) is 0. The fraction of sp³-hybridized carbons (Fsp3) is 0.825. The second-order valence-corrected chi connectivity index (χ2v) is 22.5. The first kappa shape index (κ1) is 73.7. The summed E-state index contributed by atoms with van der Waals surface area (Å²) < 4.78 is 34.2. The first-order valence-electron chi connectivity index (χ1n) is 31.5. The van der Waals surface area contributed by atoms with E-state index in [0.29, 0.717) is 12.8 Å². The summed E-state index contributed by atoms with van der Waals surface area (Å²) in [5, 5.41) is 120. The first-order valence-corrected chi connectivity index (χ1v) is 31.5. The van der Waals surface area contributed by atoms with Crippen molar-refractivity contribution in [3.05, 3.63) is 60.8 Å². The zero-order valence-electron chi connectivity index (χ0n) is 49.7. The lowest BCUT2D eigenvalue weighted by molar-refractivity contribution is -0.379. The van der Waals surface area contributed by atoms with Crippen molar-refractivity contribution >= 4 is 5.91 Å². The van der Waals surface area contributed by atoms with Crippen LogP contribution in [0, 0.1) is 0 Å². The summed E-state index contributed by atoms with van der Waals surface area (Å²) in [6.07, 6.45) is 26.4. The van der Waals surface area contributed by atoms with E-state index < -0.39 is 124 Å². The number of aliphatic hydroxyl groups is 11. The molecule has 19 heteroatoms. The Morgan fingerprint density at radius 3 is 1.33 bits per heavy atom. The fourth-order valence-corrected chi connectivity index (χ4v) is 10.3. The van der Waals surface area contributed by atoms with E-state index in [9.17, 15) is 61.0 Å². The number of unbranched alkanes of at least 4 members (excludes halogenated alkanes) is 22. The Morgan fingerprint density at radius 1 is 0.439 bits per heavy atom. The number of amides is 1. The lowest BCUT2D eigenvalue weighted by Gasteiger charge is -2.48. The van der Waals surface area contributed by atoms with Crippen LogP contribution in [0.25, 0.3) is 0 Å². The van der Waals surface area contributed by atoms with Gasteiger partial charge >= 0.3 is 0 Å². The van der Waals surface area contributed by atoms with Crippen molar-refractivity contribution in [2.24, 2.45) is 0 Å². The Balaban J connectivity index is 1.50. The van der Waals surface area contributed by atoms with Gasteiger partial charge in [-0.05, 0) is 70.6 Å². The van der Waals surface area contributed by atoms with Crippen molar-refractivity contribution in [2.45, 2.75) is 304 Å². The Kier molecular flexibility index (Phi) is 41.2. The van der Waals surface area contributed by atoms with E-state index in [-0.39, 0.29) is 18.9 Å². The lowest BCUT2D eigenvalue weighted by Crippen LogP contribution is -2.66. The number of carbonyl (C=O) groups is 1. The molecule has 476 valence electrons. The van der Waals surface area contributed by atoms with Gasteiger partial charge in [-0.1, -0.05) is 184 Å². The minimum atomic E-state index is -1.99.